The quantitative estimate of drug-likeness (QED) is 0.813. The van der Waals surface area contributed by atoms with E-state index in [0.717, 1.165) is 11.3 Å². The maximum absolute atomic E-state index is 12.5. The Bertz CT molecular complexity index is 632. The molecule has 0 bridgehead atoms. The minimum atomic E-state index is -0.548. The van der Waals surface area contributed by atoms with Crippen LogP contribution in [-0.4, -0.2) is 60.8 Å². The summed E-state index contributed by atoms with van der Waals surface area (Å²) in [5.41, 5.74) is 6.08. The number of hydrogen-bond acceptors (Lipinski definition) is 4. The third-order valence-electron chi connectivity index (χ3n) is 4.17. The fraction of sp³-hybridized carbons (Fsp3) is 0.471. The molecular weight excluding hydrogens is 310 g/mol. The highest BCUT2D eigenvalue weighted by molar-refractivity contribution is 5.89. The van der Waals surface area contributed by atoms with Crippen molar-refractivity contribution in [3.8, 4) is 5.75 Å². The van der Waals surface area contributed by atoms with Gasteiger partial charge in [0, 0.05) is 19.5 Å². The average Bonchev–Trinajstić information content (AvgIpc) is 2.56. The van der Waals surface area contributed by atoms with Crippen LogP contribution in [0.25, 0.3) is 0 Å². The second-order valence-electron chi connectivity index (χ2n) is 5.94. The van der Waals surface area contributed by atoms with Crippen LogP contribution in [0.3, 0.4) is 0 Å². The van der Waals surface area contributed by atoms with Gasteiger partial charge in [0.2, 0.25) is 17.7 Å². The number of para-hydroxylation sites is 1. The Kier molecular flexibility index (Phi) is 5.78. The van der Waals surface area contributed by atoms with Gasteiger partial charge in [-0.25, -0.2) is 0 Å². The van der Waals surface area contributed by atoms with Crippen LogP contribution in [0.1, 0.15) is 24.8 Å². The third-order valence-corrected chi connectivity index (χ3v) is 4.17. The van der Waals surface area contributed by atoms with Crippen molar-refractivity contribution in [3.63, 3.8) is 0 Å². The zero-order chi connectivity index (χ0) is 17.7. The number of primary amides is 1. The molecule has 1 aromatic carbocycles. The molecule has 7 nitrogen and oxygen atoms in total. The maximum atomic E-state index is 12.5. The van der Waals surface area contributed by atoms with E-state index in [9.17, 15) is 14.4 Å². The molecule has 0 saturated carbocycles. The highest BCUT2D eigenvalue weighted by Gasteiger charge is 2.28. The first-order chi connectivity index (χ1) is 11.4. The standard InChI is InChI=1S/C17H23N3O4/c1-12(13-5-3-4-6-14(13)24-2)9-16(22)20-8-7-19(10-15(18)21)17(23)11-20/h3-6,12H,7-11H2,1-2H3,(H2,18,21)/t12-/m0/s1. The summed E-state index contributed by atoms with van der Waals surface area (Å²) in [4.78, 5) is 38.3. The summed E-state index contributed by atoms with van der Waals surface area (Å²) in [7, 11) is 1.60. The first-order valence-electron chi connectivity index (χ1n) is 7.89. The van der Waals surface area contributed by atoms with Gasteiger partial charge >= 0.3 is 0 Å². The monoisotopic (exact) mass is 333 g/mol. The van der Waals surface area contributed by atoms with Crippen LogP contribution in [0, 0.1) is 0 Å². The van der Waals surface area contributed by atoms with Crippen molar-refractivity contribution in [1.29, 1.82) is 0 Å². The topological polar surface area (TPSA) is 92.9 Å². The summed E-state index contributed by atoms with van der Waals surface area (Å²) in [6.07, 6.45) is 0.295. The first-order valence-corrected chi connectivity index (χ1v) is 7.89. The molecule has 0 aliphatic carbocycles. The van der Waals surface area contributed by atoms with Gasteiger partial charge in [0.05, 0.1) is 20.2 Å². The predicted molar refractivity (Wildman–Crippen MR) is 88.4 cm³/mol. The molecule has 1 atom stereocenters. The zero-order valence-corrected chi connectivity index (χ0v) is 14.0. The molecule has 0 unspecified atom stereocenters. The number of nitrogens with two attached hydrogens (primary N) is 1. The lowest BCUT2D eigenvalue weighted by Crippen LogP contribution is -2.54. The minimum Gasteiger partial charge on any atom is -0.496 e. The number of piperazine rings is 1. The summed E-state index contributed by atoms with van der Waals surface area (Å²) in [6.45, 7) is 2.59. The van der Waals surface area contributed by atoms with Gasteiger partial charge in [0.25, 0.3) is 0 Å². The van der Waals surface area contributed by atoms with Gasteiger partial charge in [-0.15, -0.1) is 0 Å². The molecule has 0 aromatic heterocycles. The number of methoxy groups -OCH3 is 1. The lowest BCUT2D eigenvalue weighted by Gasteiger charge is -2.34. The SMILES string of the molecule is COc1ccccc1[C@@H](C)CC(=O)N1CCN(CC(N)=O)C(=O)C1. The summed E-state index contributed by atoms with van der Waals surface area (Å²) in [6, 6.07) is 7.59. The maximum Gasteiger partial charge on any atom is 0.242 e. The lowest BCUT2D eigenvalue weighted by molar-refractivity contribution is -0.146. The van der Waals surface area contributed by atoms with Crippen LogP contribution in [0.5, 0.6) is 5.75 Å². The highest BCUT2D eigenvalue weighted by atomic mass is 16.5. The molecular formula is C17H23N3O4. The number of amides is 3. The van der Waals surface area contributed by atoms with E-state index < -0.39 is 5.91 Å². The molecule has 1 aliphatic heterocycles. The molecule has 1 heterocycles. The Labute approximate surface area is 141 Å². The van der Waals surface area contributed by atoms with E-state index in [0.29, 0.717) is 19.5 Å². The minimum absolute atomic E-state index is 0.00917. The smallest absolute Gasteiger partial charge is 0.242 e. The molecule has 2 rings (SSSR count). The molecule has 24 heavy (non-hydrogen) atoms. The summed E-state index contributed by atoms with van der Waals surface area (Å²) < 4.78 is 5.33. The molecule has 130 valence electrons. The normalized spacial score (nSPS) is 16.0. The van der Waals surface area contributed by atoms with Gasteiger partial charge in [-0.1, -0.05) is 25.1 Å². The van der Waals surface area contributed by atoms with E-state index in [1.807, 2.05) is 31.2 Å². The van der Waals surface area contributed by atoms with Gasteiger partial charge in [0.15, 0.2) is 0 Å². The molecule has 0 spiro atoms. The number of benzene rings is 1. The fourth-order valence-electron chi connectivity index (χ4n) is 2.85. The average molecular weight is 333 g/mol. The van der Waals surface area contributed by atoms with Gasteiger partial charge in [0.1, 0.15) is 5.75 Å². The van der Waals surface area contributed by atoms with Crippen molar-refractivity contribution in [1.82, 2.24) is 9.80 Å². The van der Waals surface area contributed by atoms with Crippen LogP contribution in [0.15, 0.2) is 24.3 Å². The molecule has 1 saturated heterocycles. The molecule has 2 N–H and O–H groups in total. The Balaban J connectivity index is 1.95. The fourth-order valence-corrected chi connectivity index (χ4v) is 2.85. The molecule has 0 radical (unpaired) electrons. The second-order valence-corrected chi connectivity index (χ2v) is 5.94. The lowest BCUT2D eigenvalue weighted by atomic mass is 9.96. The third kappa shape index (κ3) is 4.24. The van der Waals surface area contributed by atoms with Crippen LogP contribution in [-0.2, 0) is 14.4 Å². The van der Waals surface area contributed by atoms with Crippen molar-refractivity contribution in [2.75, 3.05) is 33.3 Å². The van der Waals surface area contributed by atoms with Crippen LogP contribution < -0.4 is 10.5 Å². The summed E-state index contributed by atoms with van der Waals surface area (Å²) >= 11 is 0. The largest absolute Gasteiger partial charge is 0.496 e. The van der Waals surface area contributed by atoms with E-state index in [1.54, 1.807) is 7.11 Å². The van der Waals surface area contributed by atoms with E-state index in [-0.39, 0.29) is 30.8 Å². The van der Waals surface area contributed by atoms with Crippen molar-refractivity contribution < 1.29 is 19.1 Å². The van der Waals surface area contributed by atoms with Crippen LogP contribution >= 0.6 is 0 Å². The molecule has 1 aromatic rings. The Morgan fingerprint density at radius 3 is 2.62 bits per heavy atom. The molecule has 7 heteroatoms. The van der Waals surface area contributed by atoms with E-state index in [1.165, 1.54) is 9.80 Å². The summed E-state index contributed by atoms with van der Waals surface area (Å²) in [5.74, 6) is -0.153. The molecule has 1 aliphatic rings. The number of ether oxygens (including phenoxy) is 1. The predicted octanol–water partition coefficient (Wildman–Crippen LogP) is 0.345. The number of carbonyl (C=O) groups excluding carboxylic acids is 3. The van der Waals surface area contributed by atoms with Gasteiger partial charge in [-0.2, -0.15) is 0 Å². The van der Waals surface area contributed by atoms with E-state index >= 15 is 0 Å². The van der Waals surface area contributed by atoms with E-state index in [2.05, 4.69) is 0 Å². The Morgan fingerprint density at radius 1 is 1.29 bits per heavy atom. The number of hydrogen-bond donors (Lipinski definition) is 1. The number of rotatable bonds is 6. The Morgan fingerprint density at radius 2 is 2.00 bits per heavy atom. The van der Waals surface area contributed by atoms with Crippen molar-refractivity contribution in [2.45, 2.75) is 19.3 Å². The van der Waals surface area contributed by atoms with Gasteiger partial charge in [-0.05, 0) is 17.5 Å². The second kappa shape index (κ2) is 7.81. The van der Waals surface area contributed by atoms with Crippen molar-refractivity contribution in [2.24, 2.45) is 5.73 Å². The van der Waals surface area contributed by atoms with Gasteiger partial charge < -0.3 is 20.3 Å². The first kappa shape index (κ1) is 17.8. The highest BCUT2D eigenvalue weighted by Crippen LogP contribution is 2.29. The number of carbonyl (C=O) groups is 3. The van der Waals surface area contributed by atoms with Gasteiger partial charge in [-0.3, -0.25) is 14.4 Å². The van der Waals surface area contributed by atoms with Crippen LogP contribution in [0.2, 0.25) is 0 Å². The van der Waals surface area contributed by atoms with Crippen molar-refractivity contribution in [3.05, 3.63) is 29.8 Å². The Hall–Kier alpha value is -2.57. The zero-order valence-electron chi connectivity index (χ0n) is 14.0. The summed E-state index contributed by atoms with van der Waals surface area (Å²) in [5, 5.41) is 0. The van der Waals surface area contributed by atoms with Crippen LogP contribution in [0.4, 0.5) is 0 Å². The molecule has 1 fully saturated rings. The van der Waals surface area contributed by atoms with E-state index in [4.69, 9.17) is 10.5 Å². The number of nitrogens with zero attached hydrogens (tertiary/aromatic N) is 2. The molecule has 3 amide bonds. The van der Waals surface area contributed by atoms with Crippen molar-refractivity contribution >= 4 is 17.7 Å².